The molecule has 76 valence electrons. The molecule has 5 nitrogen and oxygen atoms in total. The summed E-state index contributed by atoms with van der Waals surface area (Å²) in [6, 6.07) is 3.06. The largest absolute Gasteiger partial charge is 0.508 e. The number of aromatic hydroxyl groups is 1. The average molecular weight is 219 g/mol. The van der Waals surface area contributed by atoms with Gasteiger partial charge in [0.25, 0.3) is 0 Å². The molecule has 0 unspecified atom stereocenters. The second-order valence-electron chi connectivity index (χ2n) is 2.34. The lowest BCUT2D eigenvalue weighted by atomic mass is 10.1. The fourth-order valence-electron chi connectivity index (χ4n) is 0.896. The molecule has 0 radical (unpaired) electrons. The third kappa shape index (κ3) is 2.37. The minimum atomic E-state index is -1.38. The van der Waals surface area contributed by atoms with Crippen molar-refractivity contribution in [2.75, 3.05) is 0 Å². The molecule has 0 amide bonds. The van der Waals surface area contributed by atoms with Crippen LogP contribution in [0.15, 0.2) is 18.2 Å². The summed E-state index contributed by atoms with van der Waals surface area (Å²) in [5.41, 5.74) is -0.766. The van der Waals surface area contributed by atoms with Crippen LogP contribution in [-0.2, 0) is 0 Å². The van der Waals surface area contributed by atoms with Crippen LogP contribution < -0.4 is 0 Å². The lowest BCUT2D eigenvalue weighted by Crippen LogP contribution is -2.07. The number of rotatable bonds is 2. The summed E-state index contributed by atoms with van der Waals surface area (Å²) in [6.45, 7) is 0. The smallest absolute Gasteiger partial charge is 0.336 e. The summed E-state index contributed by atoms with van der Waals surface area (Å²) in [5.74, 6) is -2.99. The average Bonchev–Trinajstić information content (AvgIpc) is 2.03. The zero-order valence-electron chi connectivity index (χ0n) is 6.80. The zero-order valence-corrected chi connectivity index (χ0v) is 7.61. The highest BCUT2D eigenvalue weighted by Gasteiger charge is 2.15. The molecule has 0 saturated heterocycles. The van der Waals surface area contributed by atoms with Gasteiger partial charge in [-0.15, -0.1) is 12.4 Å². The number of benzene rings is 1. The predicted octanol–water partition coefficient (Wildman–Crippen LogP) is 1.21. The second-order valence-corrected chi connectivity index (χ2v) is 2.34. The molecule has 6 heteroatoms. The Morgan fingerprint density at radius 1 is 1.00 bits per heavy atom. The van der Waals surface area contributed by atoms with Gasteiger partial charge in [-0.05, 0) is 18.2 Å². The van der Waals surface area contributed by atoms with Gasteiger partial charge in [0.1, 0.15) is 5.75 Å². The maximum absolute atomic E-state index is 10.5. The molecule has 1 aromatic rings. The van der Waals surface area contributed by atoms with Crippen molar-refractivity contribution >= 4 is 24.3 Å². The molecule has 0 aliphatic heterocycles. The Labute approximate surface area is 85.0 Å². The Balaban J connectivity index is 0.00000169. The van der Waals surface area contributed by atoms with Crippen LogP contribution in [0, 0.1) is 0 Å². The van der Waals surface area contributed by atoms with E-state index in [4.69, 9.17) is 15.3 Å². The summed E-state index contributed by atoms with van der Waals surface area (Å²) >= 11 is 0. The van der Waals surface area contributed by atoms with Gasteiger partial charge in [-0.2, -0.15) is 0 Å². The molecule has 0 atom stereocenters. The van der Waals surface area contributed by atoms with Crippen LogP contribution in [0.25, 0.3) is 0 Å². The highest BCUT2D eigenvalue weighted by atomic mass is 35.5. The molecule has 0 fully saturated rings. The van der Waals surface area contributed by atoms with E-state index in [1.54, 1.807) is 0 Å². The Morgan fingerprint density at radius 3 is 1.93 bits per heavy atom. The van der Waals surface area contributed by atoms with E-state index < -0.39 is 17.5 Å². The van der Waals surface area contributed by atoms with Crippen molar-refractivity contribution < 1.29 is 24.9 Å². The van der Waals surface area contributed by atoms with Crippen LogP contribution in [0.5, 0.6) is 5.75 Å². The first-order valence-corrected chi connectivity index (χ1v) is 3.32. The van der Waals surface area contributed by atoms with E-state index in [2.05, 4.69) is 0 Å². The third-order valence-corrected chi connectivity index (χ3v) is 1.46. The first-order valence-electron chi connectivity index (χ1n) is 3.32. The SMILES string of the molecule is Cl.O=C(O)c1ccc(O)cc1C(=O)O. The molecule has 14 heavy (non-hydrogen) atoms. The van der Waals surface area contributed by atoms with Crippen molar-refractivity contribution in [1.29, 1.82) is 0 Å². The molecule has 0 saturated carbocycles. The fourth-order valence-corrected chi connectivity index (χ4v) is 0.896. The van der Waals surface area contributed by atoms with Gasteiger partial charge in [0.05, 0.1) is 11.1 Å². The molecular formula is C8H7ClO5. The number of hydrogen-bond acceptors (Lipinski definition) is 3. The number of phenolic OH excluding ortho intramolecular Hbond substituents is 1. The van der Waals surface area contributed by atoms with E-state index in [0.29, 0.717) is 0 Å². The van der Waals surface area contributed by atoms with Crippen molar-refractivity contribution in [2.24, 2.45) is 0 Å². The minimum Gasteiger partial charge on any atom is -0.508 e. The predicted molar refractivity (Wildman–Crippen MR) is 49.3 cm³/mol. The van der Waals surface area contributed by atoms with Gasteiger partial charge in [0.15, 0.2) is 0 Å². The van der Waals surface area contributed by atoms with Crippen LogP contribution >= 0.6 is 12.4 Å². The minimum absolute atomic E-state index is 0. The number of halogens is 1. The molecule has 1 aromatic carbocycles. The van der Waals surface area contributed by atoms with Crippen LogP contribution in [0.3, 0.4) is 0 Å². The molecule has 3 N–H and O–H groups in total. The molecule has 0 aliphatic rings. The molecule has 0 aromatic heterocycles. The Bertz CT molecular complexity index is 374. The Morgan fingerprint density at radius 2 is 1.50 bits per heavy atom. The van der Waals surface area contributed by atoms with Crippen molar-refractivity contribution in [2.45, 2.75) is 0 Å². The summed E-state index contributed by atoms with van der Waals surface area (Å²) in [7, 11) is 0. The van der Waals surface area contributed by atoms with Crippen LogP contribution in [0.2, 0.25) is 0 Å². The lowest BCUT2D eigenvalue weighted by molar-refractivity contribution is 0.0651. The summed E-state index contributed by atoms with van der Waals surface area (Å²) in [4.78, 5) is 21.0. The summed E-state index contributed by atoms with van der Waals surface area (Å²) < 4.78 is 0. The van der Waals surface area contributed by atoms with Crippen LogP contribution in [-0.4, -0.2) is 27.3 Å². The van der Waals surface area contributed by atoms with Gasteiger partial charge < -0.3 is 15.3 Å². The Hall–Kier alpha value is -1.75. The highest BCUT2D eigenvalue weighted by molar-refractivity contribution is 6.01. The second kappa shape index (κ2) is 4.48. The van der Waals surface area contributed by atoms with Gasteiger partial charge in [0, 0.05) is 0 Å². The quantitative estimate of drug-likeness (QED) is 0.694. The fraction of sp³-hybridized carbons (Fsp3) is 0. The number of carboxylic acids is 2. The molecule has 0 aliphatic carbocycles. The van der Waals surface area contributed by atoms with Gasteiger partial charge in [-0.25, -0.2) is 9.59 Å². The summed E-state index contributed by atoms with van der Waals surface area (Å²) in [6.07, 6.45) is 0. The van der Waals surface area contributed by atoms with Crippen molar-refractivity contribution in [3.8, 4) is 5.75 Å². The van der Waals surface area contributed by atoms with Gasteiger partial charge in [0.2, 0.25) is 0 Å². The monoisotopic (exact) mass is 218 g/mol. The van der Waals surface area contributed by atoms with Crippen LogP contribution in [0.1, 0.15) is 20.7 Å². The van der Waals surface area contributed by atoms with Crippen molar-refractivity contribution in [1.82, 2.24) is 0 Å². The van der Waals surface area contributed by atoms with Gasteiger partial charge in [-0.3, -0.25) is 0 Å². The number of aromatic carboxylic acids is 2. The van der Waals surface area contributed by atoms with Crippen LogP contribution in [0.4, 0.5) is 0 Å². The van der Waals surface area contributed by atoms with Crippen molar-refractivity contribution in [3.63, 3.8) is 0 Å². The Kier molecular flexibility index (Phi) is 3.92. The van der Waals surface area contributed by atoms with Gasteiger partial charge in [-0.1, -0.05) is 0 Å². The number of carboxylic acid groups (broad SMARTS) is 2. The topological polar surface area (TPSA) is 94.8 Å². The molecule has 1 rings (SSSR count). The first kappa shape index (κ1) is 12.2. The third-order valence-electron chi connectivity index (χ3n) is 1.46. The van der Waals surface area contributed by atoms with E-state index in [9.17, 15) is 9.59 Å². The number of hydrogen-bond donors (Lipinski definition) is 3. The lowest BCUT2D eigenvalue weighted by Gasteiger charge is -2.00. The molecule has 0 heterocycles. The van der Waals surface area contributed by atoms with E-state index in [1.807, 2.05) is 0 Å². The normalized spacial score (nSPS) is 8.86. The van der Waals surface area contributed by atoms with E-state index in [0.717, 1.165) is 18.2 Å². The number of carbonyl (C=O) groups is 2. The van der Waals surface area contributed by atoms with E-state index >= 15 is 0 Å². The van der Waals surface area contributed by atoms with Crippen molar-refractivity contribution in [3.05, 3.63) is 29.3 Å². The van der Waals surface area contributed by atoms with E-state index in [-0.39, 0.29) is 23.7 Å². The molecular weight excluding hydrogens is 212 g/mol. The highest BCUT2D eigenvalue weighted by Crippen LogP contribution is 2.16. The van der Waals surface area contributed by atoms with E-state index in [1.165, 1.54) is 0 Å². The molecule has 0 bridgehead atoms. The first-order chi connectivity index (χ1) is 6.02. The zero-order chi connectivity index (χ0) is 10.0. The summed E-state index contributed by atoms with van der Waals surface area (Å²) in [5, 5.41) is 26.0. The van der Waals surface area contributed by atoms with Gasteiger partial charge >= 0.3 is 11.9 Å². The number of phenols is 1. The maximum atomic E-state index is 10.5. The maximum Gasteiger partial charge on any atom is 0.336 e. The standard InChI is InChI=1S/C8H6O5.ClH/c9-4-1-2-5(7(10)11)6(3-4)8(12)13;/h1-3,9H,(H,10,11)(H,12,13);1H. The molecule has 0 spiro atoms.